The Morgan fingerprint density at radius 1 is 1.19 bits per heavy atom. The van der Waals surface area contributed by atoms with Crippen LogP contribution in [0.2, 0.25) is 0 Å². The van der Waals surface area contributed by atoms with Crippen LogP contribution in [-0.4, -0.2) is 27.0 Å². The molecule has 136 valence electrons. The lowest BCUT2D eigenvalue weighted by atomic mass is 10.2. The number of anilines is 2. The highest BCUT2D eigenvalue weighted by Gasteiger charge is 2.13. The minimum atomic E-state index is -0.303. The summed E-state index contributed by atoms with van der Waals surface area (Å²) >= 11 is 2.97. The van der Waals surface area contributed by atoms with Gasteiger partial charge in [0.05, 0.1) is 20.8 Å². The fourth-order valence-corrected chi connectivity index (χ4v) is 4.01. The Morgan fingerprint density at radius 3 is 2.85 bits per heavy atom. The number of nitrogens with one attached hydrogen (secondary N) is 3. The molecule has 9 heteroatoms. The Morgan fingerprint density at radius 2 is 2.07 bits per heavy atom. The van der Waals surface area contributed by atoms with Gasteiger partial charge >= 0.3 is 0 Å². The second-order valence-electron chi connectivity index (χ2n) is 5.70. The minimum absolute atomic E-state index is 0.0809. The quantitative estimate of drug-likeness (QED) is 0.466. The summed E-state index contributed by atoms with van der Waals surface area (Å²) in [7, 11) is 0. The van der Waals surface area contributed by atoms with Crippen LogP contribution >= 0.6 is 22.7 Å². The molecule has 0 radical (unpaired) electrons. The number of thiophene rings is 1. The molecule has 0 saturated heterocycles. The summed E-state index contributed by atoms with van der Waals surface area (Å²) < 4.78 is 0.930. The first kappa shape index (κ1) is 17.4. The van der Waals surface area contributed by atoms with Crippen molar-refractivity contribution in [3.63, 3.8) is 0 Å². The van der Waals surface area contributed by atoms with Crippen LogP contribution in [-0.2, 0) is 4.79 Å². The van der Waals surface area contributed by atoms with Gasteiger partial charge in [0.2, 0.25) is 5.91 Å². The normalized spacial score (nSPS) is 10.9. The van der Waals surface area contributed by atoms with Gasteiger partial charge in [0.1, 0.15) is 0 Å². The van der Waals surface area contributed by atoms with E-state index in [1.807, 2.05) is 23.6 Å². The van der Waals surface area contributed by atoms with Gasteiger partial charge in [0, 0.05) is 12.1 Å². The summed E-state index contributed by atoms with van der Waals surface area (Å²) in [5.74, 6) is -0.384. The van der Waals surface area contributed by atoms with Crippen LogP contribution in [0.4, 0.5) is 10.8 Å². The molecule has 3 heterocycles. The van der Waals surface area contributed by atoms with Gasteiger partial charge < -0.3 is 10.6 Å². The maximum atomic E-state index is 12.5. The van der Waals surface area contributed by atoms with Crippen molar-refractivity contribution in [3.05, 3.63) is 47.5 Å². The van der Waals surface area contributed by atoms with E-state index in [1.54, 1.807) is 36.5 Å². The van der Waals surface area contributed by atoms with Crippen LogP contribution in [0.5, 0.6) is 0 Å². The molecule has 4 aromatic rings. The van der Waals surface area contributed by atoms with Gasteiger partial charge in [-0.05, 0) is 35.7 Å². The average Bonchev–Trinajstić information content (AvgIpc) is 3.40. The average molecular weight is 397 g/mol. The van der Waals surface area contributed by atoms with Crippen LogP contribution in [0, 0.1) is 0 Å². The molecule has 0 unspecified atom stereocenters. The van der Waals surface area contributed by atoms with Crippen molar-refractivity contribution >= 4 is 55.5 Å². The fourth-order valence-electron chi connectivity index (χ4n) is 2.46. The van der Waals surface area contributed by atoms with Crippen molar-refractivity contribution in [2.45, 2.75) is 13.3 Å². The van der Waals surface area contributed by atoms with Crippen molar-refractivity contribution in [2.24, 2.45) is 0 Å². The van der Waals surface area contributed by atoms with Crippen molar-refractivity contribution in [2.75, 3.05) is 10.6 Å². The van der Waals surface area contributed by atoms with E-state index in [4.69, 9.17) is 0 Å². The number of benzene rings is 1. The maximum Gasteiger partial charge on any atom is 0.276 e. The zero-order valence-corrected chi connectivity index (χ0v) is 15.9. The van der Waals surface area contributed by atoms with Crippen LogP contribution in [0.1, 0.15) is 23.8 Å². The molecule has 7 nitrogen and oxygen atoms in total. The lowest BCUT2D eigenvalue weighted by molar-refractivity contribution is -0.115. The van der Waals surface area contributed by atoms with Gasteiger partial charge in [0.25, 0.3) is 5.91 Å². The Balaban J connectivity index is 1.51. The molecule has 3 N–H and O–H groups in total. The molecule has 1 aromatic carbocycles. The number of nitrogens with zero attached hydrogens (tertiary/aromatic N) is 2. The molecule has 0 aliphatic rings. The largest absolute Gasteiger partial charge is 0.321 e. The highest BCUT2D eigenvalue weighted by Crippen LogP contribution is 2.28. The SMILES string of the molecule is CCC(=O)Nc1nc2cc(NC(=O)c3cc(-c4cccs4)[nH]n3)ccc2s1. The number of carbonyl (C=O) groups is 2. The second kappa shape index (κ2) is 7.29. The Hall–Kier alpha value is -3.04. The number of amides is 2. The third-order valence-electron chi connectivity index (χ3n) is 3.81. The zero-order chi connectivity index (χ0) is 18.8. The topological polar surface area (TPSA) is 99.8 Å². The minimum Gasteiger partial charge on any atom is -0.321 e. The van der Waals surface area contributed by atoms with E-state index >= 15 is 0 Å². The molecule has 0 aliphatic carbocycles. The summed E-state index contributed by atoms with van der Waals surface area (Å²) in [6, 6.07) is 11.1. The van der Waals surface area contributed by atoms with Gasteiger partial charge in [-0.25, -0.2) is 4.98 Å². The van der Waals surface area contributed by atoms with Crippen LogP contribution in [0.15, 0.2) is 41.8 Å². The van der Waals surface area contributed by atoms with E-state index in [-0.39, 0.29) is 11.8 Å². The van der Waals surface area contributed by atoms with E-state index < -0.39 is 0 Å². The van der Waals surface area contributed by atoms with Crippen molar-refractivity contribution in [1.29, 1.82) is 0 Å². The third kappa shape index (κ3) is 3.74. The lowest BCUT2D eigenvalue weighted by Crippen LogP contribution is -2.12. The molecular formula is C18H15N5O2S2. The van der Waals surface area contributed by atoms with E-state index in [0.717, 1.165) is 15.3 Å². The number of rotatable bonds is 5. The molecule has 0 saturated carbocycles. The number of carbonyl (C=O) groups excluding carboxylic acids is 2. The van der Waals surface area contributed by atoms with E-state index in [0.29, 0.717) is 28.5 Å². The summed E-state index contributed by atoms with van der Waals surface area (Å²) in [6.07, 6.45) is 0.397. The molecular weight excluding hydrogens is 382 g/mol. The zero-order valence-electron chi connectivity index (χ0n) is 14.3. The molecule has 0 aliphatic heterocycles. The Labute approximate surface area is 162 Å². The first-order valence-electron chi connectivity index (χ1n) is 8.23. The molecule has 0 fully saturated rings. The highest BCUT2D eigenvalue weighted by atomic mass is 32.1. The lowest BCUT2D eigenvalue weighted by Gasteiger charge is -2.02. The number of hydrogen-bond donors (Lipinski definition) is 3. The highest BCUT2D eigenvalue weighted by molar-refractivity contribution is 7.22. The summed E-state index contributed by atoms with van der Waals surface area (Å²) in [5, 5.41) is 15.1. The predicted octanol–water partition coefficient (Wildman–Crippen LogP) is 4.35. The summed E-state index contributed by atoms with van der Waals surface area (Å²) in [6.45, 7) is 1.79. The fraction of sp³-hybridized carbons (Fsp3) is 0.111. The molecule has 4 rings (SSSR count). The molecule has 0 atom stereocenters. The molecule has 0 spiro atoms. The van der Waals surface area contributed by atoms with E-state index in [9.17, 15) is 9.59 Å². The molecule has 3 aromatic heterocycles. The van der Waals surface area contributed by atoms with Gasteiger partial charge in [-0.3, -0.25) is 14.7 Å². The molecule has 2 amide bonds. The number of aromatic amines is 1. The summed E-state index contributed by atoms with van der Waals surface area (Å²) in [4.78, 5) is 29.4. The number of hydrogen-bond acceptors (Lipinski definition) is 6. The van der Waals surface area contributed by atoms with Crippen LogP contribution < -0.4 is 10.6 Å². The van der Waals surface area contributed by atoms with Crippen molar-refractivity contribution < 1.29 is 9.59 Å². The predicted molar refractivity (Wildman–Crippen MR) is 108 cm³/mol. The first-order chi connectivity index (χ1) is 13.1. The smallest absolute Gasteiger partial charge is 0.276 e. The van der Waals surface area contributed by atoms with Crippen LogP contribution in [0.25, 0.3) is 20.8 Å². The Bertz CT molecular complexity index is 1110. The van der Waals surface area contributed by atoms with Crippen molar-refractivity contribution in [1.82, 2.24) is 15.2 Å². The van der Waals surface area contributed by atoms with Crippen LogP contribution in [0.3, 0.4) is 0 Å². The molecule has 0 bridgehead atoms. The van der Waals surface area contributed by atoms with E-state index in [1.165, 1.54) is 11.3 Å². The van der Waals surface area contributed by atoms with E-state index in [2.05, 4.69) is 25.8 Å². The van der Waals surface area contributed by atoms with Gasteiger partial charge in [-0.1, -0.05) is 24.3 Å². The first-order valence-corrected chi connectivity index (χ1v) is 9.93. The number of aromatic nitrogens is 3. The second-order valence-corrected chi connectivity index (χ2v) is 7.68. The van der Waals surface area contributed by atoms with Gasteiger partial charge in [-0.2, -0.15) is 5.10 Å². The standard InChI is InChI=1S/C18H15N5O2S2/c1-2-16(24)21-18-20-11-8-10(5-6-15(11)27-18)19-17(25)13-9-12(22-23-13)14-4-3-7-26-14/h3-9H,2H2,1H3,(H,19,25)(H,22,23)(H,20,21,24). The maximum absolute atomic E-state index is 12.5. The monoisotopic (exact) mass is 397 g/mol. The number of H-pyrrole nitrogens is 1. The molecule has 27 heavy (non-hydrogen) atoms. The number of thiazole rings is 1. The summed E-state index contributed by atoms with van der Waals surface area (Å²) in [5.41, 5.74) is 2.45. The van der Waals surface area contributed by atoms with Gasteiger partial charge in [0.15, 0.2) is 10.8 Å². The third-order valence-corrected chi connectivity index (χ3v) is 5.67. The van der Waals surface area contributed by atoms with Crippen molar-refractivity contribution in [3.8, 4) is 10.6 Å². The Kier molecular flexibility index (Phi) is 4.69. The van der Waals surface area contributed by atoms with Gasteiger partial charge in [-0.15, -0.1) is 11.3 Å². The number of fused-ring (bicyclic) bond motifs is 1.